The Morgan fingerprint density at radius 2 is 2.07 bits per heavy atom. The lowest BCUT2D eigenvalue weighted by Crippen LogP contribution is -2.41. The normalized spacial score (nSPS) is 19.4. The SMILES string of the molecule is N[C@@H]1CCC[C@@H]1NCCCCNc1cc(F)c(S(=O)(=O)Nc2ncns2)cc1Br. The highest BCUT2D eigenvalue weighted by Gasteiger charge is 2.23. The number of nitrogens with one attached hydrogen (secondary N) is 3. The molecule has 0 amide bonds. The van der Waals surface area contributed by atoms with Crippen molar-refractivity contribution in [3.8, 4) is 0 Å². The number of anilines is 2. The molecule has 3 rings (SSSR count). The second-order valence-corrected chi connectivity index (χ2v) is 10.2. The van der Waals surface area contributed by atoms with Gasteiger partial charge in [-0.3, -0.25) is 4.72 Å². The Morgan fingerprint density at radius 3 is 2.76 bits per heavy atom. The molecule has 2 aromatic rings. The minimum atomic E-state index is -4.09. The third-order valence-corrected chi connectivity index (χ3v) is 7.51. The van der Waals surface area contributed by atoms with Crippen LogP contribution >= 0.6 is 27.5 Å². The van der Waals surface area contributed by atoms with E-state index in [0.29, 0.717) is 22.7 Å². The highest BCUT2D eigenvalue weighted by Crippen LogP contribution is 2.29. The van der Waals surface area contributed by atoms with Gasteiger partial charge in [-0.25, -0.2) is 17.8 Å². The summed E-state index contributed by atoms with van der Waals surface area (Å²) in [7, 11) is -4.09. The monoisotopic (exact) mass is 506 g/mol. The summed E-state index contributed by atoms with van der Waals surface area (Å²) in [5.41, 5.74) is 6.54. The van der Waals surface area contributed by atoms with Gasteiger partial charge in [0.25, 0.3) is 10.0 Å². The molecule has 5 N–H and O–H groups in total. The number of nitrogens with two attached hydrogens (primary N) is 1. The summed E-state index contributed by atoms with van der Waals surface area (Å²) >= 11 is 4.19. The predicted octanol–water partition coefficient (Wildman–Crippen LogP) is 2.90. The highest BCUT2D eigenvalue weighted by molar-refractivity contribution is 9.10. The summed E-state index contributed by atoms with van der Waals surface area (Å²) in [6, 6.07) is 3.08. The molecule has 12 heteroatoms. The average molecular weight is 507 g/mol. The summed E-state index contributed by atoms with van der Waals surface area (Å²) in [6.07, 6.45) is 6.48. The Bertz CT molecular complexity index is 913. The van der Waals surface area contributed by atoms with Crippen molar-refractivity contribution in [1.29, 1.82) is 0 Å². The minimum absolute atomic E-state index is 0.0786. The number of nitrogens with zero attached hydrogens (tertiary/aromatic N) is 2. The minimum Gasteiger partial charge on any atom is -0.384 e. The molecule has 1 saturated carbocycles. The van der Waals surface area contributed by atoms with Gasteiger partial charge in [0.1, 0.15) is 17.0 Å². The van der Waals surface area contributed by atoms with Crippen LogP contribution in [-0.4, -0.2) is 42.9 Å². The fourth-order valence-electron chi connectivity index (χ4n) is 3.26. The second kappa shape index (κ2) is 10.1. The van der Waals surface area contributed by atoms with Gasteiger partial charge in [-0.15, -0.1) is 0 Å². The molecule has 1 aromatic heterocycles. The van der Waals surface area contributed by atoms with E-state index in [0.717, 1.165) is 43.8 Å². The zero-order valence-corrected chi connectivity index (χ0v) is 18.9. The van der Waals surface area contributed by atoms with Crippen LogP contribution < -0.4 is 21.1 Å². The van der Waals surface area contributed by atoms with Gasteiger partial charge in [0.05, 0.1) is 5.69 Å². The topological polar surface area (TPSA) is 122 Å². The smallest absolute Gasteiger partial charge is 0.266 e. The van der Waals surface area contributed by atoms with E-state index in [1.807, 2.05) is 0 Å². The zero-order chi connectivity index (χ0) is 20.9. The lowest BCUT2D eigenvalue weighted by atomic mass is 10.2. The molecule has 0 spiro atoms. The van der Waals surface area contributed by atoms with Gasteiger partial charge in [-0.1, -0.05) is 6.42 Å². The van der Waals surface area contributed by atoms with Crippen molar-refractivity contribution in [2.75, 3.05) is 23.1 Å². The molecular formula is C17H24BrFN6O2S2. The van der Waals surface area contributed by atoms with Gasteiger partial charge in [0.2, 0.25) is 5.13 Å². The lowest BCUT2D eigenvalue weighted by molar-refractivity contribution is 0.468. The predicted molar refractivity (Wildman–Crippen MR) is 116 cm³/mol. The maximum absolute atomic E-state index is 14.5. The van der Waals surface area contributed by atoms with Crippen LogP contribution in [0.5, 0.6) is 0 Å². The largest absolute Gasteiger partial charge is 0.384 e. The van der Waals surface area contributed by atoms with E-state index in [2.05, 4.69) is 40.6 Å². The van der Waals surface area contributed by atoms with Crippen LogP contribution in [-0.2, 0) is 10.0 Å². The molecule has 160 valence electrons. The molecular weight excluding hydrogens is 483 g/mol. The zero-order valence-electron chi connectivity index (χ0n) is 15.7. The molecule has 0 aliphatic heterocycles. The summed E-state index contributed by atoms with van der Waals surface area (Å²) in [6.45, 7) is 1.54. The van der Waals surface area contributed by atoms with Crippen LogP contribution in [0.25, 0.3) is 0 Å². The molecule has 1 aliphatic rings. The highest BCUT2D eigenvalue weighted by atomic mass is 79.9. The number of benzene rings is 1. The second-order valence-electron chi connectivity index (χ2n) is 6.90. The first-order valence-electron chi connectivity index (χ1n) is 9.38. The molecule has 1 aromatic carbocycles. The Balaban J connectivity index is 1.50. The third-order valence-electron chi connectivity index (χ3n) is 4.79. The van der Waals surface area contributed by atoms with Crippen molar-refractivity contribution in [3.05, 3.63) is 28.7 Å². The molecule has 0 unspecified atom stereocenters. The Morgan fingerprint density at radius 1 is 1.28 bits per heavy atom. The summed E-state index contributed by atoms with van der Waals surface area (Å²) < 4.78 is 45.6. The Hall–Kier alpha value is -1.34. The maximum Gasteiger partial charge on any atom is 0.266 e. The fraction of sp³-hybridized carbons (Fsp3) is 0.529. The molecule has 0 bridgehead atoms. The van der Waals surface area contributed by atoms with Crippen LogP contribution in [0.4, 0.5) is 15.2 Å². The van der Waals surface area contributed by atoms with Crippen LogP contribution in [0.1, 0.15) is 32.1 Å². The fourth-order valence-corrected chi connectivity index (χ4v) is 5.64. The number of hydrogen-bond acceptors (Lipinski definition) is 8. The van der Waals surface area contributed by atoms with E-state index in [-0.39, 0.29) is 11.2 Å². The van der Waals surface area contributed by atoms with E-state index in [4.69, 9.17) is 5.73 Å². The van der Waals surface area contributed by atoms with Crippen LogP contribution in [0.15, 0.2) is 27.8 Å². The number of sulfonamides is 1. The van der Waals surface area contributed by atoms with Crippen molar-refractivity contribution in [2.45, 2.75) is 49.1 Å². The number of halogens is 2. The average Bonchev–Trinajstić information content (AvgIpc) is 3.31. The van der Waals surface area contributed by atoms with Crippen molar-refractivity contribution < 1.29 is 12.8 Å². The van der Waals surface area contributed by atoms with Gasteiger partial charge in [-0.05, 0) is 60.3 Å². The van der Waals surface area contributed by atoms with Gasteiger partial charge in [0, 0.05) is 34.6 Å². The van der Waals surface area contributed by atoms with Crippen LogP contribution in [0, 0.1) is 5.82 Å². The quantitative estimate of drug-likeness (QED) is 0.365. The van der Waals surface area contributed by atoms with E-state index in [9.17, 15) is 12.8 Å². The van der Waals surface area contributed by atoms with Crippen molar-refractivity contribution in [3.63, 3.8) is 0 Å². The summed E-state index contributed by atoms with van der Waals surface area (Å²) in [5, 5.41) is 6.71. The molecule has 0 radical (unpaired) electrons. The number of rotatable bonds is 10. The number of aromatic nitrogens is 2. The van der Waals surface area contributed by atoms with E-state index < -0.39 is 20.7 Å². The number of unbranched alkanes of at least 4 members (excludes halogenated alkanes) is 1. The van der Waals surface area contributed by atoms with Crippen LogP contribution in [0.3, 0.4) is 0 Å². The molecule has 1 aliphatic carbocycles. The van der Waals surface area contributed by atoms with E-state index >= 15 is 0 Å². The Labute approximate surface area is 182 Å². The first-order valence-corrected chi connectivity index (χ1v) is 12.4. The maximum atomic E-state index is 14.5. The van der Waals surface area contributed by atoms with Gasteiger partial charge >= 0.3 is 0 Å². The van der Waals surface area contributed by atoms with Crippen molar-refractivity contribution >= 4 is 48.3 Å². The summed E-state index contributed by atoms with van der Waals surface area (Å²) in [5.74, 6) is -0.843. The van der Waals surface area contributed by atoms with Gasteiger partial charge in [0.15, 0.2) is 0 Å². The molecule has 2 atom stereocenters. The Kier molecular flexibility index (Phi) is 7.79. The van der Waals surface area contributed by atoms with Gasteiger partial charge in [-0.2, -0.15) is 4.37 Å². The first-order chi connectivity index (χ1) is 13.9. The van der Waals surface area contributed by atoms with Gasteiger partial charge < -0.3 is 16.4 Å². The molecule has 1 heterocycles. The number of hydrogen-bond donors (Lipinski definition) is 4. The molecule has 8 nitrogen and oxygen atoms in total. The third kappa shape index (κ3) is 6.07. The standard InChI is InChI=1S/C17H24BrFN6O2S2/c18-11-8-16(29(26,27)25-17-23-10-24-28-17)12(19)9-15(11)22-7-2-1-6-21-14-5-3-4-13(14)20/h8-10,13-14,21-22H,1-7,20H2,(H,23,24,25)/t13-,14+/m1/s1. The van der Waals surface area contributed by atoms with Crippen molar-refractivity contribution in [1.82, 2.24) is 14.7 Å². The molecule has 29 heavy (non-hydrogen) atoms. The summed E-state index contributed by atoms with van der Waals surface area (Å²) in [4.78, 5) is 3.29. The van der Waals surface area contributed by atoms with Crippen molar-refractivity contribution in [2.24, 2.45) is 5.73 Å². The lowest BCUT2D eigenvalue weighted by Gasteiger charge is -2.17. The van der Waals surface area contributed by atoms with Crippen LogP contribution in [0.2, 0.25) is 0 Å². The first kappa shape index (κ1) is 22.3. The van der Waals surface area contributed by atoms with E-state index in [1.165, 1.54) is 24.9 Å². The molecule has 0 saturated heterocycles. The van der Waals surface area contributed by atoms with E-state index in [1.54, 1.807) is 0 Å². The molecule has 1 fully saturated rings.